The van der Waals surface area contributed by atoms with Crippen molar-refractivity contribution < 1.29 is 33.6 Å². The van der Waals surface area contributed by atoms with Crippen LogP contribution in [-0.4, -0.2) is 60.3 Å². The topological polar surface area (TPSA) is 83.5 Å². The zero-order chi connectivity index (χ0) is 15.9. The van der Waals surface area contributed by atoms with Crippen LogP contribution in [0.3, 0.4) is 0 Å². The van der Waals surface area contributed by atoms with E-state index in [0.29, 0.717) is 6.42 Å². The standard InChI is InChI=1S/C15H24O7/c1-4-10(16)18-7-8-5-6-9(19-8)12-11(17)13-14(20-12)22-15(2,3)21-13/h8-9,11-14,17H,4-7H2,1-3H3/t8-,9+,11+,12-,13-,14-/m1/s1. The van der Waals surface area contributed by atoms with Crippen LogP contribution in [0, 0.1) is 0 Å². The van der Waals surface area contributed by atoms with Crippen molar-refractivity contribution in [2.75, 3.05) is 6.61 Å². The average Bonchev–Trinajstić information content (AvgIpc) is 3.11. The number of ether oxygens (including phenoxy) is 5. The van der Waals surface area contributed by atoms with Crippen LogP contribution in [-0.2, 0) is 28.5 Å². The second kappa shape index (κ2) is 6.05. The molecule has 0 aromatic carbocycles. The molecule has 3 fully saturated rings. The quantitative estimate of drug-likeness (QED) is 0.765. The Kier molecular flexibility index (Phi) is 4.44. The van der Waals surface area contributed by atoms with E-state index in [1.807, 2.05) is 0 Å². The molecule has 3 rings (SSSR count). The van der Waals surface area contributed by atoms with Crippen LogP contribution < -0.4 is 0 Å². The summed E-state index contributed by atoms with van der Waals surface area (Å²) in [6.07, 6.45) is -0.802. The van der Waals surface area contributed by atoms with Crippen LogP contribution in [0.2, 0.25) is 0 Å². The Morgan fingerprint density at radius 1 is 1.23 bits per heavy atom. The molecule has 1 N–H and O–H groups in total. The SMILES string of the molecule is CCC(=O)OC[C@H]1CC[C@@H]([C@H]2O[C@@H]3OC(C)(C)O[C@@H]3[C@H]2O)O1. The monoisotopic (exact) mass is 316 g/mol. The summed E-state index contributed by atoms with van der Waals surface area (Å²) >= 11 is 0. The Labute approximate surface area is 129 Å². The van der Waals surface area contributed by atoms with Crippen molar-refractivity contribution in [3.8, 4) is 0 Å². The normalized spacial score (nSPS) is 43.3. The first-order chi connectivity index (χ1) is 10.4. The van der Waals surface area contributed by atoms with Gasteiger partial charge in [0.25, 0.3) is 0 Å². The molecular weight excluding hydrogens is 292 g/mol. The minimum absolute atomic E-state index is 0.144. The van der Waals surface area contributed by atoms with Crippen LogP contribution >= 0.6 is 0 Å². The maximum Gasteiger partial charge on any atom is 0.305 e. The summed E-state index contributed by atoms with van der Waals surface area (Å²) < 4.78 is 28.0. The third kappa shape index (κ3) is 3.14. The Bertz CT molecular complexity index is 424. The summed E-state index contributed by atoms with van der Waals surface area (Å²) in [5.74, 6) is -0.975. The minimum Gasteiger partial charge on any atom is -0.463 e. The average molecular weight is 316 g/mol. The summed E-state index contributed by atoms with van der Waals surface area (Å²) in [4.78, 5) is 11.2. The molecule has 0 saturated carbocycles. The van der Waals surface area contributed by atoms with Crippen LogP contribution in [0.1, 0.15) is 40.0 Å². The lowest BCUT2D eigenvalue weighted by Crippen LogP contribution is -2.41. The largest absolute Gasteiger partial charge is 0.463 e. The summed E-state index contributed by atoms with van der Waals surface area (Å²) in [6.45, 7) is 5.59. The van der Waals surface area contributed by atoms with E-state index in [4.69, 9.17) is 23.7 Å². The lowest BCUT2D eigenvalue weighted by molar-refractivity contribution is -0.228. The van der Waals surface area contributed by atoms with E-state index in [0.717, 1.165) is 12.8 Å². The number of carbonyl (C=O) groups is 1. The van der Waals surface area contributed by atoms with Gasteiger partial charge in [-0.3, -0.25) is 4.79 Å². The van der Waals surface area contributed by atoms with Gasteiger partial charge < -0.3 is 28.8 Å². The van der Waals surface area contributed by atoms with Gasteiger partial charge in [-0.05, 0) is 26.7 Å². The van der Waals surface area contributed by atoms with E-state index < -0.39 is 30.4 Å². The van der Waals surface area contributed by atoms with Crippen molar-refractivity contribution in [3.05, 3.63) is 0 Å². The zero-order valence-electron chi connectivity index (χ0n) is 13.2. The second-order valence-corrected chi connectivity index (χ2v) is 6.47. The minimum atomic E-state index is -0.784. The Balaban J connectivity index is 1.51. The van der Waals surface area contributed by atoms with E-state index in [-0.39, 0.29) is 24.8 Å². The molecule has 0 bridgehead atoms. The molecule has 6 atom stereocenters. The molecular formula is C15H24O7. The molecule has 3 aliphatic heterocycles. The van der Waals surface area contributed by atoms with Gasteiger partial charge >= 0.3 is 5.97 Å². The van der Waals surface area contributed by atoms with Gasteiger partial charge in [-0.2, -0.15) is 0 Å². The van der Waals surface area contributed by atoms with Gasteiger partial charge in [0.15, 0.2) is 12.1 Å². The van der Waals surface area contributed by atoms with Gasteiger partial charge in [0.2, 0.25) is 0 Å². The molecule has 3 saturated heterocycles. The first-order valence-corrected chi connectivity index (χ1v) is 7.90. The third-order valence-electron chi connectivity index (χ3n) is 4.28. The van der Waals surface area contributed by atoms with Crippen molar-refractivity contribution in [1.29, 1.82) is 0 Å². The molecule has 22 heavy (non-hydrogen) atoms. The van der Waals surface area contributed by atoms with Gasteiger partial charge in [-0.1, -0.05) is 6.92 Å². The summed E-state index contributed by atoms with van der Waals surface area (Å²) in [5, 5.41) is 10.4. The number of fused-ring (bicyclic) bond motifs is 1. The molecule has 0 aromatic heterocycles. The highest BCUT2D eigenvalue weighted by Crippen LogP contribution is 2.40. The maximum atomic E-state index is 11.2. The van der Waals surface area contributed by atoms with E-state index in [1.54, 1.807) is 20.8 Å². The smallest absolute Gasteiger partial charge is 0.305 e. The molecule has 0 radical (unpaired) electrons. The summed E-state index contributed by atoms with van der Waals surface area (Å²) in [7, 11) is 0. The van der Waals surface area contributed by atoms with Crippen LogP contribution in [0.25, 0.3) is 0 Å². The fourth-order valence-electron chi connectivity index (χ4n) is 3.21. The second-order valence-electron chi connectivity index (χ2n) is 6.47. The predicted octanol–water partition coefficient (Wildman–Crippen LogP) is 0.724. The maximum absolute atomic E-state index is 11.2. The van der Waals surface area contributed by atoms with Crippen molar-refractivity contribution in [1.82, 2.24) is 0 Å². The Hall–Kier alpha value is -0.730. The number of rotatable bonds is 4. The summed E-state index contributed by atoms with van der Waals surface area (Å²) in [6, 6.07) is 0. The lowest BCUT2D eigenvalue weighted by Gasteiger charge is -2.26. The molecule has 126 valence electrons. The van der Waals surface area contributed by atoms with Crippen molar-refractivity contribution in [2.45, 2.75) is 82.6 Å². The predicted molar refractivity (Wildman–Crippen MR) is 73.8 cm³/mol. The molecule has 3 heterocycles. The molecule has 0 amide bonds. The molecule has 0 spiro atoms. The first kappa shape index (κ1) is 16.1. The Morgan fingerprint density at radius 2 is 2.00 bits per heavy atom. The van der Waals surface area contributed by atoms with Crippen molar-refractivity contribution in [3.63, 3.8) is 0 Å². The molecule has 0 unspecified atom stereocenters. The molecule has 7 nitrogen and oxygen atoms in total. The number of aliphatic hydroxyl groups is 1. The molecule has 3 aliphatic rings. The highest BCUT2D eigenvalue weighted by molar-refractivity contribution is 5.68. The first-order valence-electron chi connectivity index (χ1n) is 7.90. The fraction of sp³-hybridized carbons (Fsp3) is 0.933. The highest BCUT2D eigenvalue weighted by Gasteiger charge is 2.57. The van der Waals surface area contributed by atoms with Gasteiger partial charge in [-0.15, -0.1) is 0 Å². The summed E-state index contributed by atoms with van der Waals surface area (Å²) in [5.41, 5.74) is 0. The van der Waals surface area contributed by atoms with Crippen LogP contribution in [0.4, 0.5) is 0 Å². The number of carbonyl (C=O) groups excluding carboxylic acids is 1. The van der Waals surface area contributed by atoms with Gasteiger partial charge in [0.1, 0.15) is 24.9 Å². The van der Waals surface area contributed by atoms with Crippen LogP contribution in [0.15, 0.2) is 0 Å². The highest BCUT2D eigenvalue weighted by atomic mass is 16.8. The molecule has 0 aliphatic carbocycles. The van der Waals surface area contributed by atoms with Gasteiger partial charge in [0, 0.05) is 6.42 Å². The van der Waals surface area contributed by atoms with E-state index >= 15 is 0 Å². The number of aliphatic hydroxyl groups excluding tert-OH is 1. The molecule has 7 heteroatoms. The third-order valence-corrected chi connectivity index (χ3v) is 4.28. The Morgan fingerprint density at radius 3 is 2.68 bits per heavy atom. The van der Waals surface area contributed by atoms with Crippen LogP contribution in [0.5, 0.6) is 0 Å². The number of hydrogen-bond donors (Lipinski definition) is 1. The van der Waals surface area contributed by atoms with E-state index in [9.17, 15) is 9.90 Å². The molecule has 0 aromatic rings. The van der Waals surface area contributed by atoms with E-state index in [2.05, 4.69) is 0 Å². The van der Waals surface area contributed by atoms with Crippen molar-refractivity contribution in [2.24, 2.45) is 0 Å². The van der Waals surface area contributed by atoms with Gasteiger partial charge in [0.05, 0.1) is 12.2 Å². The number of esters is 1. The zero-order valence-corrected chi connectivity index (χ0v) is 13.2. The fourth-order valence-corrected chi connectivity index (χ4v) is 3.21. The number of hydrogen-bond acceptors (Lipinski definition) is 7. The lowest BCUT2D eigenvalue weighted by atomic mass is 10.0. The van der Waals surface area contributed by atoms with Crippen molar-refractivity contribution >= 4 is 5.97 Å². The van der Waals surface area contributed by atoms with Gasteiger partial charge in [-0.25, -0.2) is 0 Å². The van der Waals surface area contributed by atoms with E-state index in [1.165, 1.54) is 0 Å².